The smallest absolute Gasteiger partial charge is 0.261 e. The van der Waals surface area contributed by atoms with Gasteiger partial charge in [-0.3, -0.25) is 4.79 Å². The number of nitrogens with one attached hydrogen (secondary N) is 1. The number of carbonyl (C=O) groups is 1. The maximum Gasteiger partial charge on any atom is 0.261 e. The molecule has 0 unspecified atom stereocenters. The number of nitrogens with zero attached hydrogens (tertiary/aromatic N) is 1. The molecule has 0 radical (unpaired) electrons. The molecule has 0 aliphatic carbocycles. The number of rotatable bonds is 5. The average Bonchev–Trinajstić information content (AvgIpc) is 2.54. The second-order valence-electron chi connectivity index (χ2n) is 5.32. The Kier molecular flexibility index (Phi) is 5.83. The Bertz CT molecular complexity index is 410. The van der Waals surface area contributed by atoms with Crippen molar-refractivity contribution in [1.29, 1.82) is 0 Å². The lowest BCUT2D eigenvalue weighted by atomic mass is 9.93. The first-order valence-electron chi connectivity index (χ1n) is 5.59. The fraction of sp³-hybridized carbons (Fsp3) is 0.583. The van der Waals surface area contributed by atoms with Crippen molar-refractivity contribution in [2.75, 3.05) is 27.2 Å². The molecule has 1 aromatic heterocycles. The Hall–Kier alpha value is 0.0900. The highest BCUT2D eigenvalue weighted by Crippen LogP contribution is 2.32. The van der Waals surface area contributed by atoms with Crippen molar-refractivity contribution in [3.8, 4) is 0 Å². The van der Waals surface area contributed by atoms with Crippen molar-refractivity contribution >= 4 is 49.1 Å². The maximum absolute atomic E-state index is 12.0. The molecule has 0 aromatic carbocycles. The molecule has 1 N–H and O–H groups in total. The Balaban J connectivity index is 2.56. The molecule has 0 saturated carbocycles. The average molecular weight is 398 g/mol. The summed E-state index contributed by atoms with van der Waals surface area (Å²) in [7, 11) is 4.08. The predicted molar refractivity (Wildman–Crippen MR) is 84.4 cm³/mol. The highest BCUT2D eigenvalue weighted by atomic mass is 79.9. The van der Waals surface area contributed by atoms with E-state index in [4.69, 9.17) is 0 Å². The van der Waals surface area contributed by atoms with Gasteiger partial charge in [0.05, 0.1) is 8.66 Å². The molecule has 102 valence electrons. The van der Waals surface area contributed by atoms with Crippen LogP contribution in [-0.4, -0.2) is 38.0 Å². The van der Waals surface area contributed by atoms with Gasteiger partial charge in [-0.15, -0.1) is 11.3 Å². The van der Waals surface area contributed by atoms with Gasteiger partial charge < -0.3 is 10.2 Å². The van der Waals surface area contributed by atoms with Crippen molar-refractivity contribution < 1.29 is 4.79 Å². The first-order valence-corrected chi connectivity index (χ1v) is 7.99. The molecule has 0 bridgehead atoms. The van der Waals surface area contributed by atoms with Gasteiger partial charge in [-0.25, -0.2) is 0 Å². The minimum absolute atomic E-state index is 0.0155. The standard InChI is InChI=1S/C12H18Br2N2OS/c1-12(2,7-16(3)4)6-15-11(17)9-5-8(13)10(14)18-9/h5H,6-7H2,1-4H3,(H,15,17). The van der Waals surface area contributed by atoms with Gasteiger partial charge in [0.2, 0.25) is 0 Å². The SMILES string of the molecule is CN(C)CC(C)(C)CNC(=O)c1cc(Br)c(Br)s1. The summed E-state index contributed by atoms with van der Waals surface area (Å²) < 4.78 is 1.87. The van der Waals surface area contributed by atoms with Crippen LogP contribution in [0, 0.1) is 5.41 Å². The molecule has 0 fully saturated rings. The molecule has 1 aromatic rings. The normalized spacial score (nSPS) is 11.9. The van der Waals surface area contributed by atoms with E-state index in [-0.39, 0.29) is 11.3 Å². The summed E-state index contributed by atoms with van der Waals surface area (Å²) in [6.07, 6.45) is 0. The lowest BCUT2D eigenvalue weighted by molar-refractivity contribution is 0.0933. The third-order valence-corrected chi connectivity index (χ3v) is 5.60. The molecule has 6 heteroatoms. The molecule has 1 rings (SSSR count). The van der Waals surface area contributed by atoms with Gasteiger partial charge in [0.25, 0.3) is 5.91 Å². The second kappa shape index (κ2) is 6.50. The summed E-state index contributed by atoms with van der Waals surface area (Å²) >= 11 is 8.21. The van der Waals surface area contributed by atoms with E-state index in [9.17, 15) is 4.79 Å². The van der Waals surface area contributed by atoms with Gasteiger partial charge in [0.1, 0.15) is 0 Å². The van der Waals surface area contributed by atoms with Crippen molar-refractivity contribution in [1.82, 2.24) is 10.2 Å². The third-order valence-electron chi connectivity index (χ3n) is 2.34. The van der Waals surface area contributed by atoms with Crippen LogP contribution in [0.25, 0.3) is 0 Å². The lowest BCUT2D eigenvalue weighted by Crippen LogP contribution is -2.39. The molecule has 0 atom stereocenters. The van der Waals surface area contributed by atoms with Crippen LogP contribution in [0.15, 0.2) is 14.3 Å². The second-order valence-corrected chi connectivity index (χ2v) is 8.54. The van der Waals surface area contributed by atoms with Gasteiger partial charge in [-0.1, -0.05) is 13.8 Å². The highest BCUT2D eigenvalue weighted by Gasteiger charge is 2.21. The first-order chi connectivity index (χ1) is 8.21. The number of amides is 1. The van der Waals surface area contributed by atoms with E-state index >= 15 is 0 Å². The number of halogens is 2. The van der Waals surface area contributed by atoms with E-state index in [0.29, 0.717) is 6.54 Å². The molecule has 0 aliphatic heterocycles. The van der Waals surface area contributed by atoms with Gasteiger partial charge in [-0.05, 0) is 57.4 Å². The van der Waals surface area contributed by atoms with Crippen LogP contribution in [0.5, 0.6) is 0 Å². The summed E-state index contributed by atoms with van der Waals surface area (Å²) in [4.78, 5) is 14.8. The van der Waals surface area contributed by atoms with E-state index in [1.54, 1.807) is 0 Å². The fourth-order valence-electron chi connectivity index (χ4n) is 1.78. The van der Waals surface area contributed by atoms with Crippen molar-refractivity contribution in [3.05, 3.63) is 19.2 Å². The van der Waals surface area contributed by atoms with E-state index < -0.39 is 0 Å². The summed E-state index contributed by atoms with van der Waals surface area (Å²) in [5.74, 6) is -0.0155. The van der Waals surface area contributed by atoms with Crippen molar-refractivity contribution in [3.63, 3.8) is 0 Å². The Morgan fingerprint density at radius 1 is 1.44 bits per heavy atom. The Morgan fingerprint density at radius 2 is 2.06 bits per heavy atom. The third kappa shape index (κ3) is 4.99. The highest BCUT2D eigenvalue weighted by molar-refractivity contribution is 9.13. The largest absolute Gasteiger partial charge is 0.351 e. The van der Waals surface area contributed by atoms with Crippen molar-refractivity contribution in [2.24, 2.45) is 5.41 Å². The Labute approximate surface area is 129 Å². The fourth-order valence-corrected chi connectivity index (χ4v) is 3.73. The molecule has 0 saturated heterocycles. The van der Waals surface area contributed by atoms with E-state index in [0.717, 1.165) is 19.7 Å². The van der Waals surface area contributed by atoms with Crippen LogP contribution in [0.1, 0.15) is 23.5 Å². The summed E-state index contributed by atoms with van der Waals surface area (Å²) in [6, 6.07) is 1.84. The molecular weight excluding hydrogens is 380 g/mol. The van der Waals surface area contributed by atoms with Gasteiger partial charge in [0.15, 0.2) is 0 Å². The number of thiophene rings is 1. The minimum atomic E-state index is -0.0155. The quantitative estimate of drug-likeness (QED) is 0.823. The molecule has 1 heterocycles. The predicted octanol–water partition coefficient (Wildman–Crippen LogP) is 3.59. The number of carbonyl (C=O) groups excluding carboxylic acids is 1. The van der Waals surface area contributed by atoms with E-state index in [1.807, 2.05) is 20.2 Å². The molecule has 1 amide bonds. The molecule has 0 aliphatic rings. The maximum atomic E-state index is 12.0. The molecular formula is C12H18Br2N2OS. The number of hydrogen-bond donors (Lipinski definition) is 1. The van der Waals surface area contributed by atoms with Crippen molar-refractivity contribution in [2.45, 2.75) is 13.8 Å². The Morgan fingerprint density at radius 3 is 2.50 bits per heavy atom. The van der Waals surface area contributed by atoms with E-state index in [2.05, 4.69) is 55.9 Å². The van der Waals surface area contributed by atoms with Gasteiger partial charge >= 0.3 is 0 Å². The van der Waals surface area contributed by atoms with Crippen LogP contribution in [0.4, 0.5) is 0 Å². The molecule has 0 spiro atoms. The van der Waals surface area contributed by atoms with E-state index in [1.165, 1.54) is 11.3 Å². The zero-order valence-electron chi connectivity index (χ0n) is 11.0. The summed E-state index contributed by atoms with van der Waals surface area (Å²) in [5, 5.41) is 2.99. The molecule has 3 nitrogen and oxygen atoms in total. The monoisotopic (exact) mass is 396 g/mol. The van der Waals surface area contributed by atoms with Crippen LogP contribution in [0.3, 0.4) is 0 Å². The van der Waals surface area contributed by atoms with Gasteiger partial charge in [0, 0.05) is 17.6 Å². The lowest BCUT2D eigenvalue weighted by Gasteiger charge is -2.28. The van der Waals surface area contributed by atoms with Crippen LogP contribution < -0.4 is 5.32 Å². The topological polar surface area (TPSA) is 32.3 Å². The van der Waals surface area contributed by atoms with Crippen LogP contribution in [0.2, 0.25) is 0 Å². The van der Waals surface area contributed by atoms with Gasteiger partial charge in [-0.2, -0.15) is 0 Å². The summed E-state index contributed by atoms with van der Waals surface area (Å²) in [5.41, 5.74) is 0.0604. The zero-order valence-corrected chi connectivity index (χ0v) is 15.0. The number of hydrogen-bond acceptors (Lipinski definition) is 3. The minimum Gasteiger partial charge on any atom is -0.351 e. The molecule has 18 heavy (non-hydrogen) atoms. The van der Waals surface area contributed by atoms with Crippen LogP contribution in [-0.2, 0) is 0 Å². The first kappa shape index (κ1) is 16.1. The van der Waals surface area contributed by atoms with Crippen LogP contribution >= 0.6 is 43.2 Å². The zero-order chi connectivity index (χ0) is 13.9. The summed E-state index contributed by atoms with van der Waals surface area (Å²) in [6.45, 7) is 5.89.